The maximum atomic E-state index is 12.3. The number of hydrogen-bond donors (Lipinski definition) is 2. The topological polar surface area (TPSA) is 85.2 Å². The smallest absolute Gasteiger partial charge is 0.341 e. The van der Waals surface area contributed by atoms with Crippen molar-refractivity contribution in [2.45, 2.75) is 20.8 Å². The third-order valence-electron chi connectivity index (χ3n) is 3.43. The summed E-state index contributed by atoms with van der Waals surface area (Å²) in [5.41, 5.74) is 1.42. The maximum Gasteiger partial charge on any atom is 0.341 e. The van der Waals surface area contributed by atoms with E-state index in [1.54, 1.807) is 14.0 Å². The number of anilines is 1. The highest BCUT2D eigenvalue weighted by Gasteiger charge is 2.22. The summed E-state index contributed by atoms with van der Waals surface area (Å²) < 4.78 is 6.43. The molecule has 0 aliphatic heterocycles. The zero-order chi connectivity index (χ0) is 18.7. The van der Waals surface area contributed by atoms with Gasteiger partial charge in [0.05, 0.1) is 23.4 Å². The lowest BCUT2D eigenvalue weighted by molar-refractivity contribution is 0.0527. The molecule has 0 atom stereocenters. The van der Waals surface area contributed by atoms with Crippen molar-refractivity contribution in [3.8, 4) is 0 Å². The van der Waals surface area contributed by atoms with Crippen molar-refractivity contribution in [3.63, 3.8) is 0 Å². The number of esters is 1. The third-order valence-corrected chi connectivity index (χ3v) is 5.03. The number of halogens is 1. The van der Waals surface area contributed by atoms with Gasteiger partial charge in [0.15, 0.2) is 5.11 Å². The number of aromatic nitrogens is 2. The second-order valence-corrected chi connectivity index (χ2v) is 7.12. The molecule has 2 aromatic rings. The largest absolute Gasteiger partial charge is 0.462 e. The van der Waals surface area contributed by atoms with Crippen molar-refractivity contribution in [2.24, 2.45) is 7.05 Å². The van der Waals surface area contributed by atoms with Crippen molar-refractivity contribution in [1.82, 2.24) is 15.1 Å². The van der Waals surface area contributed by atoms with Crippen LogP contribution in [0.4, 0.5) is 5.00 Å². The standard InChI is InChI=1S/C15H17ClN4O3S2/c1-5-23-14(22)10-7(2)8(3)25-13(10)19-15(24)18-12(21)11-9(16)6-17-20(11)4/h6H,5H2,1-4H3,(H2,18,19,21,24). The van der Waals surface area contributed by atoms with E-state index in [0.717, 1.165) is 10.4 Å². The highest BCUT2D eigenvalue weighted by molar-refractivity contribution is 7.80. The molecule has 0 radical (unpaired) electrons. The van der Waals surface area contributed by atoms with Crippen LogP contribution in [0.3, 0.4) is 0 Å². The maximum absolute atomic E-state index is 12.3. The van der Waals surface area contributed by atoms with E-state index in [-0.39, 0.29) is 22.4 Å². The predicted molar refractivity (Wildman–Crippen MR) is 102 cm³/mol. The lowest BCUT2D eigenvalue weighted by Gasteiger charge is -2.10. The van der Waals surface area contributed by atoms with Crippen LogP contribution in [-0.4, -0.2) is 33.4 Å². The molecule has 0 fully saturated rings. The average molecular weight is 401 g/mol. The molecular formula is C15H17ClN4O3S2. The summed E-state index contributed by atoms with van der Waals surface area (Å²) in [4.78, 5) is 25.4. The van der Waals surface area contributed by atoms with Gasteiger partial charge in [0, 0.05) is 11.9 Å². The fraction of sp³-hybridized carbons (Fsp3) is 0.333. The molecule has 0 saturated carbocycles. The number of thiocarbonyl (C=S) groups is 1. The van der Waals surface area contributed by atoms with E-state index in [0.29, 0.717) is 10.6 Å². The Kier molecular flexibility index (Phi) is 6.15. The molecule has 0 bridgehead atoms. The van der Waals surface area contributed by atoms with E-state index in [1.165, 1.54) is 22.2 Å². The van der Waals surface area contributed by atoms with Crippen LogP contribution in [-0.2, 0) is 11.8 Å². The third kappa shape index (κ3) is 4.17. The van der Waals surface area contributed by atoms with Crippen LogP contribution in [0.5, 0.6) is 0 Å². The minimum atomic E-state index is -0.495. The first-order valence-electron chi connectivity index (χ1n) is 7.33. The highest BCUT2D eigenvalue weighted by atomic mass is 35.5. The second-order valence-electron chi connectivity index (χ2n) is 5.08. The van der Waals surface area contributed by atoms with Crippen molar-refractivity contribution in [1.29, 1.82) is 0 Å². The molecule has 10 heteroatoms. The first-order valence-corrected chi connectivity index (χ1v) is 8.93. The Morgan fingerprint density at radius 3 is 2.68 bits per heavy atom. The Labute approximate surface area is 159 Å². The fourth-order valence-electron chi connectivity index (χ4n) is 2.13. The summed E-state index contributed by atoms with van der Waals surface area (Å²) in [6.45, 7) is 5.74. The van der Waals surface area contributed by atoms with Gasteiger partial charge < -0.3 is 10.1 Å². The van der Waals surface area contributed by atoms with Crippen LogP contribution in [0.2, 0.25) is 5.02 Å². The van der Waals surface area contributed by atoms with Gasteiger partial charge in [0.2, 0.25) is 0 Å². The van der Waals surface area contributed by atoms with Crippen LogP contribution >= 0.6 is 35.2 Å². The number of carbonyl (C=O) groups is 2. The summed E-state index contributed by atoms with van der Waals surface area (Å²) in [5.74, 6) is -0.930. The van der Waals surface area contributed by atoms with Gasteiger partial charge in [-0.25, -0.2) is 4.79 Å². The van der Waals surface area contributed by atoms with Gasteiger partial charge in [0.1, 0.15) is 10.7 Å². The molecule has 0 aliphatic rings. The lowest BCUT2D eigenvalue weighted by atomic mass is 10.1. The normalized spacial score (nSPS) is 10.4. The van der Waals surface area contributed by atoms with Gasteiger partial charge >= 0.3 is 5.97 Å². The minimum absolute atomic E-state index is 0.0501. The van der Waals surface area contributed by atoms with Crippen molar-refractivity contribution in [3.05, 3.63) is 32.9 Å². The first kappa shape index (κ1) is 19.4. The van der Waals surface area contributed by atoms with Gasteiger partial charge in [0.25, 0.3) is 5.91 Å². The number of hydrogen-bond acceptors (Lipinski definition) is 6. The van der Waals surface area contributed by atoms with E-state index in [1.807, 2.05) is 13.8 Å². The number of thiophene rings is 1. The van der Waals surface area contributed by atoms with Crippen molar-refractivity contribution < 1.29 is 14.3 Å². The van der Waals surface area contributed by atoms with Crippen LogP contribution in [0.15, 0.2) is 6.20 Å². The van der Waals surface area contributed by atoms with Crippen LogP contribution in [0.1, 0.15) is 38.2 Å². The molecule has 2 N–H and O–H groups in total. The van der Waals surface area contributed by atoms with Crippen LogP contribution in [0, 0.1) is 13.8 Å². The quantitative estimate of drug-likeness (QED) is 0.606. The number of rotatable bonds is 4. The Bertz CT molecular complexity index is 825. The molecule has 0 saturated heterocycles. The zero-order valence-corrected chi connectivity index (χ0v) is 16.5. The lowest BCUT2D eigenvalue weighted by Crippen LogP contribution is -2.35. The summed E-state index contributed by atoms with van der Waals surface area (Å²) in [6, 6.07) is 0. The number of aryl methyl sites for hydroxylation is 2. The number of amides is 1. The molecule has 134 valence electrons. The highest BCUT2D eigenvalue weighted by Crippen LogP contribution is 2.33. The molecular weight excluding hydrogens is 384 g/mol. The van der Waals surface area contributed by atoms with Crippen LogP contribution < -0.4 is 10.6 Å². The molecule has 25 heavy (non-hydrogen) atoms. The Morgan fingerprint density at radius 1 is 1.44 bits per heavy atom. The van der Waals surface area contributed by atoms with E-state index in [2.05, 4.69) is 15.7 Å². The summed E-state index contributed by atoms with van der Waals surface area (Å²) in [5, 5.41) is 10.1. The summed E-state index contributed by atoms with van der Waals surface area (Å²) >= 11 is 12.5. The molecule has 0 aliphatic carbocycles. The molecule has 2 rings (SSSR count). The SMILES string of the molecule is CCOC(=O)c1c(NC(=S)NC(=O)c2c(Cl)cnn2C)sc(C)c1C. The predicted octanol–water partition coefficient (Wildman–Crippen LogP) is 3.06. The molecule has 2 heterocycles. The summed E-state index contributed by atoms with van der Waals surface area (Å²) in [6.07, 6.45) is 1.37. The van der Waals surface area contributed by atoms with E-state index in [9.17, 15) is 9.59 Å². The molecule has 1 amide bonds. The Balaban J connectivity index is 2.17. The number of nitrogens with zero attached hydrogens (tertiary/aromatic N) is 2. The van der Waals surface area contributed by atoms with E-state index >= 15 is 0 Å². The molecule has 7 nitrogen and oxygen atoms in total. The molecule has 0 unspecified atom stereocenters. The van der Waals surface area contributed by atoms with Crippen molar-refractivity contribution in [2.75, 3.05) is 11.9 Å². The number of ether oxygens (including phenoxy) is 1. The van der Waals surface area contributed by atoms with Gasteiger partial charge in [-0.15, -0.1) is 11.3 Å². The average Bonchev–Trinajstić information content (AvgIpc) is 2.99. The van der Waals surface area contributed by atoms with E-state index in [4.69, 9.17) is 28.6 Å². The monoisotopic (exact) mass is 400 g/mol. The first-order chi connectivity index (χ1) is 11.8. The molecule has 2 aromatic heterocycles. The van der Waals surface area contributed by atoms with Gasteiger partial charge in [-0.1, -0.05) is 11.6 Å². The van der Waals surface area contributed by atoms with Gasteiger partial charge in [-0.05, 0) is 38.6 Å². The summed E-state index contributed by atoms with van der Waals surface area (Å²) in [7, 11) is 1.60. The van der Waals surface area contributed by atoms with E-state index < -0.39 is 11.9 Å². The Hall–Kier alpha value is -1.97. The number of nitrogens with one attached hydrogen (secondary N) is 2. The fourth-order valence-corrected chi connectivity index (χ4v) is 3.69. The van der Waals surface area contributed by atoms with Gasteiger partial charge in [-0.2, -0.15) is 5.10 Å². The Morgan fingerprint density at radius 2 is 2.12 bits per heavy atom. The van der Waals surface area contributed by atoms with Crippen molar-refractivity contribution >= 4 is 57.1 Å². The minimum Gasteiger partial charge on any atom is -0.462 e. The zero-order valence-electron chi connectivity index (χ0n) is 14.1. The molecule has 0 spiro atoms. The second kappa shape index (κ2) is 7.94. The molecule has 0 aromatic carbocycles. The number of carbonyl (C=O) groups excluding carboxylic acids is 2. The van der Waals surface area contributed by atoms with Crippen LogP contribution in [0.25, 0.3) is 0 Å². The van der Waals surface area contributed by atoms with Gasteiger partial charge in [-0.3, -0.25) is 14.8 Å².